The van der Waals surface area contributed by atoms with E-state index in [1.54, 1.807) is 37.3 Å². The summed E-state index contributed by atoms with van der Waals surface area (Å²) < 4.78 is 5.96. The molecule has 0 amide bonds. The molecule has 0 saturated carbocycles. The summed E-state index contributed by atoms with van der Waals surface area (Å²) in [4.78, 5) is 11.4. The summed E-state index contributed by atoms with van der Waals surface area (Å²) in [5.41, 5.74) is 4.28. The van der Waals surface area contributed by atoms with E-state index < -0.39 is 12.1 Å². The molecule has 0 aliphatic heterocycles. The van der Waals surface area contributed by atoms with E-state index in [0.717, 1.165) is 24.8 Å². The minimum atomic E-state index is -0.965. The van der Waals surface area contributed by atoms with Gasteiger partial charge in [0.25, 0.3) is 0 Å². The monoisotopic (exact) mass is 487 g/mol. The van der Waals surface area contributed by atoms with Gasteiger partial charge in [-0.1, -0.05) is 35.9 Å². The molecule has 0 heterocycles. The van der Waals surface area contributed by atoms with Crippen LogP contribution in [0.2, 0.25) is 5.02 Å². The van der Waals surface area contributed by atoms with Crippen molar-refractivity contribution in [3.8, 4) is 11.5 Å². The van der Waals surface area contributed by atoms with Crippen LogP contribution in [-0.4, -0.2) is 28.8 Å². The topological polar surface area (TPSA) is 78.8 Å². The molecule has 0 fully saturated rings. The van der Waals surface area contributed by atoms with Gasteiger partial charge in [-0.15, -0.1) is 12.4 Å². The quantitative estimate of drug-likeness (QED) is 0.395. The first-order valence-corrected chi connectivity index (χ1v) is 11.1. The molecule has 3 N–H and O–H groups in total. The first-order chi connectivity index (χ1) is 15.4. The number of carbonyl (C=O) groups is 1. The Morgan fingerprint density at radius 2 is 1.79 bits per heavy atom. The average Bonchev–Trinajstić information content (AvgIpc) is 2.78. The number of rotatable bonds is 7. The fourth-order valence-electron chi connectivity index (χ4n) is 4.08. The lowest BCUT2D eigenvalue weighted by Gasteiger charge is -2.27. The van der Waals surface area contributed by atoms with E-state index in [4.69, 9.17) is 16.3 Å². The van der Waals surface area contributed by atoms with E-state index in [2.05, 4.69) is 11.4 Å². The lowest BCUT2D eigenvalue weighted by Crippen LogP contribution is -2.37. The van der Waals surface area contributed by atoms with E-state index in [1.165, 1.54) is 11.1 Å². The third-order valence-electron chi connectivity index (χ3n) is 5.94. The molecule has 0 bridgehead atoms. The molecule has 0 radical (unpaired) electrons. The van der Waals surface area contributed by atoms with Crippen molar-refractivity contribution in [3.05, 3.63) is 93.5 Å². The predicted octanol–water partition coefficient (Wildman–Crippen LogP) is 5.74. The maximum atomic E-state index is 11.4. The Morgan fingerprint density at radius 1 is 1.09 bits per heavy atom. The molecule has 33 heavy (non-hydrogen) atoms. The highest BCUT2D eigenvalue weighted by atomic mass is 35.5. The van der Waals surface area contributed by atoms with Crippen molar-refractivity contribution in [1.29, 1.82) is 0 Å². The average molecular weight is 488 g/mol. The number of nitrogens with one attached hydrogen (secondary N) is 1. The maximum absolute atomic E-state index is 11.4. The van der Waals surface area contributed by atoms with Crippen LogP contribution >= 0.6 is 24.0 Å². The van der Waals surface area contributed by atoms with Crippen molar-refractivity contribution in [2.24, 2.45) is 0 Å². The summed E-state index contributed by atoms with van der Waals surface area (Å²) in [7, 11) is 0. The molecule has 4 rings (SSSR count). The van der Waals surface area contributed by atoms with Gasteiger partial charge in [-0.2, -0.15) is 0 Å². The van der Waals surface area contributed by atoms with Crippen LogP contribution in [-0.2, 0) is 12.8 Å². The normalized spacial score (nSPS) is 15.8. The highest BCUT2D eigenvalue weighted by Crippen LogP contribution is 2.30. The molecule has 3 aromatic rings. The maximum Gasteiger partial charge on any atom is 0.336 e. The molecule has 2 atom stereocenters. The molecule has 0 unspecified atom stereocenters. The van der Waals surface area contributed by atoms with Crippen molar-refractivity contribution < 1.29 is 19.7 Å². The molecule has 7 heteroatoms. The lowest BCUT2D eigenvalue weighted by molar-refractivity contribution is 0.0695. The lowest BCUT2D eigenvalue weighted by atomic mass is 9.88. The SMILES string of the molecule is Cc1ccc(Oc2ccc3c(c2)C[C@@H](NC[C@@H](O)c2ccc(Cl)cc2)CC3)cc1C(=O)O.Cl. The van der Waals surface area contributed by atoms with Gasteiger partial charge in [0.2, 0.25) is 0 Å². The van der Waals surface area contributed by atoms with Gasteiger partial charge >= 0.3 is 5.97 Å². The Kier molecular flexibility index (Phi) is 8.38. The van der Waals surface area contributed by atoms with Gasteiger partial charge in [0.1, 0.15) is 11.5 Å². The van der Waals surface area contributed by atoms with Crippen LogP contribution in [0.3, 0.4) is 0 Å². The highest BCUT2D eigenvalue weighted by Gasteiger charge is 2.20. The number of aliphatic hydroxyl groups is 1. The number of hydrogen-bond donors (Lipinski definition) is 3. The van der Waals surface area contributed by atoms with Crippen LogP contribution < -0.4 is 10.1 Å². The summed E-state index contributed by atoms with van der Waals surface area (Å²) >= 11 is 5.92. The Balaban J connectivity index is 0.00000306. The predicted molar refractivity (Wildman–Crippen MR) is 132 cm³/mol. The van der Waals surface area contributed by atoms with Gasteiger partial charge in [-0.05, 0) is 84.8 Å². The number of aromatic carboxylic acids is 1. The third kappa shape index (κ3) is 6.27. The number of hydrogen-bond acceptors (Lipinski definition) is 4. The van der Waals surface area contributed by atoms with Crippen molar-refractivity contribution in [3.63, 3.8) is 0 Å². The van der Waals surface area contributed by atoms with Crippen LogP contribution in [0.5, 0.6) is 11.5 Å². The first-order valence-electron chi connectivity index (χ1n) is 10.7. The third-order valence-corrected chi connectivity index (χ3v) is 6.19. The highest BCUT2D eigenvalue weighted by molar-refractivity contribution is 6.30. The Morgan fingerprint density at radius 3 is 2.52 bits per heavy atom. The first kappa shape index (κ1) is 25.1. The molecule has 174 valence electrons. The molecular weight excluding hydrogens is 461 g/mol. The van der Waals surface area contributed by atoms with Gasteiger partial charge in [-0.3, -0.25) is 0 Å². The zero-order valence-corrected chi connectivity index (χ0v) is 19.8. The molecule has 1 aliphatic rings. The second kappa shape index (κ2) is 11.0. The molecule has 1 aliphatic carbocycles. The van der Waals surface area contributed by atoms with Crippen molar-refractivity contribution in [1.82, 2.24) is 5.32 Å². The second-order valence-electron chi connectivity index (χ2n) is 8.23. The Hall–Kier alpha value is -2.57. The van der Waals surface area contributed by atoms with Gasteiger partial charge in [-0.25, -0.2) is 4.79 Å². The van der Waals surface area contributed by atoms with Gasteiger partial charge in [0.05, 0.1) is 11.7 Å². The number of carboxylic acid groups (broad SMARTS) is 1. The second-order valence-corrected chi connectivity index (χ2v) is 8.67. The van der Waals surface area contributed by atoms with E-state index in [-0.39, 0.29) is 24.0 Å². The summed E-state index contributed by atoms with van der Waals surface area (Å²) in [6, 6.07) is 18.6. The number of aryl methyl sites for hydroxylation is 2. The molecule has 0 aromatic heterocycles. The summed E-state index contributed by atoms with van der Waals surface area (Å²) in [5, 5.41) is 23.9. The van der Waals surface area contributed by atoms with Crippen LogP contribution in [0.15, 0.2) is 60.7 Å². The van der Waals surface area contributed by atoms with Crippen LogP contribution in [0, 0.1) is 6.92 Å². The molecule has 0 saturated heterocycles. The van der Waals surface area contributed by atoms with Crippen molar-refractivity contribution in [2.75, 3.05) is 6.54 Å². The largest absolute Gasteiger partial charge is 0.478 e. The van der Waals surface area contributed by atoms with Gasteiger partial charge in [0.15, 0.2) is 0 Å². The van der Waals surface area contributed by atoms with E-state index >= 15 is 0 Å². The molecule has 0 spiro atoms. The number of fused-ring (bicyclic) bond motifs is 1. The Labute approximate surface area is 204 Å². The van der Waals surface area contributed by atoms with Crippen LogP contribution in [0.25, 0.3) is 0 Å². The zero-order valence-electron chi connectivity index (χ0n) is 18.3. The number of aliphatic hydroxyl groups excluding tert-OH is 1. The van der Waals surface area contributed by atoms with Crippen LogP contribution in [0.4, 0.5) is 0 Å². The zero-order chi connectivity index (χ0) is 22.7. The smallest absolute Gasteiger partial charge is 0.336 e. The molecular formula is C26H27Cl2NO4. The minimum Gasteiger partial charge on any atom is -0.478 e. The number of carboxylic acids is 1. The van der Waals surface area contributed by atoms with Crippen molar-refractivity contribution >= 4 is 30.0 Å². The van der Waals surface area contributed by atoms with Crippen LogP contribution in [0.1, 0.15) is 45.1 Å². The minimum absolute atomic E-state index is 0. The van der Waals surface area contributed by atoms with Crippen molar-refractivity contribution in [2.45, 2.75) is 38.3 Å². The fourth-order valence-corrected chi connectivity index (χ4v) is 4.21. The van der Waals surface area contributed by atoms with Gasteiger partial charge in [0, 0.05) is 17.6 Å². The molecule has 5 nitrogen and oxygen atoms in total. The number of ether oxygens (including phenoxy) is 1. The van der Waals surface area contributed by atoms with Gasteiger partial charge < -0.3 is 20.3 Å². The summed E-state index contributed by atoms with van der Waals surface area (Å²) in [5.74, 6) is 0.225. The molecule has 3 aromatic carbocycles. The summed E-state index contributed by atoms with van der Waals surface area (Å²) in [6.45, 7) is 2.24. The fraction of sp³-hybridized carbons (Fsp3) is 0.269. The standard InChI is InChI=1S/C26H26ClNO4.ClH/c1-16-2-10-23(14-24(16)26(30)31)32-22-11-6-17-5-9-21(12-19(17)13-22)28-15-25(29)18-3-7-20(27)8-4-18;/h2-4,6-8,10-11,13-14,21,25,28-29H,5,9,12,15H2,1H3,(H,30,31);1H/t21-,25+;/m0./s1. The van der Waals surface area contributed by atoms with E-state index in [9.17, 15) is 15.0 Å². The number of halogens is 2. The number of benzene rings is 3. The van der Waals surface area contributed by atoms with E-state index in [1.807, 2.05) is 24.3 Å². The summed E-state index contributed by atoms with van der Waals surface area (Å²) in [6.07, 6.45) is 2.21. The Bertz CT molecular complexity index is 1120. The van der Waals surface area contributed by atoms with E-state index in [0.29, 0.717) is 28.6 Å².